The molecule has 2 rings (SSSR count). The molecule has 0 aliphatic carbocycles. The molecule has 0 radical (unpaired) electrons. The molecule has 1 aliphatic heterocycles. The van der Waals surface area contributed by atoms with Crippen LogP contribution in [-0.4, -0.2) is 49.3 Å². The van der Waals surface area contributed by atoms with Crippen LogP contribution in [0.3, 0.4) is 0 Å². The molecule has 0 atom stereocenters. The molecule has 138 valence electrons. The summed E-state index contributed by atoms with van der Waals surface area (Å²) >= 11 is 0. The zero-order valence-corrected chi connectivity index (χ0v) is 15.0. The molecule has 3 N–H and O–H groups in total. The van der Waals surface area contributed by atoms with Crippen LogP contribution in [-0.2, 0) is 11.3 Å². The highest BCUT2D eigenvalue weighted by Crippen LogP contribution is 2.14. The Morgan fingerprint density at radius 2 is 2.08 bits per heavy atom. The van der Waals surface area contributed by atoms with Gasteiger partial charge in [0.25, 0.3) is 0 Å². The molecule has 25 heavy (non-hydrogen) atoms. The fourth-order valence-electron chi connectivity index (χ4n) is 2.75. The topological polar surface area (TPSA) is 89.2 Å². The third kappa shape index (κ3) is 6.17. The van der Waals surface area contributed by atoms with Crippen molar-refractivity contribution in [3.8, 4) is 5.75 Å². The van der Waals surface area contributed by atoms with Gasteiger partial charge in [0.2, 0.25) is 0 Å². The number of piperidine rings is 1. The fourth-order valence-corrected chi connectivity index (χ4v) is 2.75. The van der Waals surface area contributed by atoms with E-state index in [1.807, 2.05) is 38.1 Å². The number of amides is 1. The number of nitrogens with two attached hydrogens (primary N) is 1. The first-order valence-corrected chi connectivity index (χ1v) is 8.82. The molecule has 0 spiro atoms. The molecule has 1 saturated heterocycles. The molecule has 7 heteroatoms. The molecule has 1 aromatic rings. The van der Waals surface area contributed by atoms with Gasteiger partial charge in [-0.2, -0.15) is 0 Å². The fraction of sp³-hybridized carbons (Fsp3) is 0.556. The molecule has 0 aromatic heterocycles. The van der Waals surface area contributed by atoms with E-state index in [0.717, 1.165) is 24.2 Å². The van der Waals surface area contributed by atoms with Gasteiger partial charge >= 0.3 is 6.09 Å². The van der Waals surface area contributed by atoms with Crippen molar-refractivity contribution in [2.45, 2.75) is 39.3 Å². The monoisotopic (exact) mass is 348 g/mol. The minimum atomic E-state index is -0.239. The number of carbonyl (C=O) groups is 1. The number of rotatable bonds is 6. The number of guanidine groups is 1. The van der Waals surface area contributed by atoms with Crippen molar-refractivity contribution < 1.29 is 14.3 Å². The van der Waals surface area contributed by atoms with Crippen molar-refractivity contribution >= 4 is 12.1 Å². The van der Waals surface area contributed by atoms with Crippen molar-refractivity contribution in [2.75, 3.05) is 26.3 Å². The predicted octanol–water partition coefficient (Wildman–Crippen LogP) is 2.11. The van der Waals surface area contributed by atoms with Crippen LogP contribution in [0.4, 0.5) is 4.79 Å². The Labute approximate surface area is 149 Å². The second kappa shape index (κ2) is 9.76. The van der Waals surface area contributed by atoms with Gasteiger partial charge in [-0.3, -0.25) is 0 Å². The average Bonchev–Trinajstić information content (AvgIpc) is 2.61. The van der Waals surface area contributed by atoms with E-state index in [4.69, 9.17) is 15.2 Å². The van der Waals surface area contributed by atoms with Crippen LogP contribution < -0.4 is 15.8 Å². The summed E-state index contributed by atoms with van der Waals surface area (Å²) in [5, 5.41) is 3.24. The number of nitrogens with zero attached hydrogens (tertiary/aromatic N) is 2. The minimum Gasteiger partial charge on any atom is -0.494 e. The Morgan fingerprint density at radius 3 is 2.76 bits per heavy atom. The van der Waals surface area contributed by atoms with Crippen LogP contribution in [0.5, 0.6) is 5.75 Å². The van der Waals surface area contributed by atoms with Crippen LogP contribution in [0, 0.1) is 0 Å². The van der Waals surface area contributed by atoms with Gasteiger partial charge in [0.15, 0.2) is 5.96 Å². The van der Waals surface area contributed by atoms with E-state index in [0.29, 0.717) is 38.8 Å². The smallest absolute Gasteiger partial charge is 0.409 e. The lowest BCUT2D eigenvalue weighted by Gasteiger charge is -2.31. The van der Waals surface area contributed by atoms with E-state index >= 15 is 0 Å². The first-order valence-electron chi connectivity index (χ1n) is 8.82. The van der Waals surface area contributed by atoms with E-state index < -0.39 is 0 Å². The Balaban J connectivity index is 1.78. The van der Waals surface area contributed by atoms with Crippen molar-refractivity contribution in [3.05, 3.63) is 29.8 Å². The van der Waals surface area contributed by atoms with E-state index in [1.54, 1.807) is 4.90 Å². The molecule has 1 heterocycles. The van der Waals surface area contributed by atoms with Crippen LogP contribution in [0.15, 0.2) is 29.3 Å². The van der Waals surface area contributed by atoms with Gasteiger partial charge < -0.3 is 25.4 Å². The van der Waals surface area contributed by atoms with Gasteiger partial charge in [-0.15, -0.1) is 0 Å². The second-order valence-electron chi connectivity index (χ2n) is 5.89. The maximum Gasteiger partial charge on any atom is 0.409 e. The van der Waals surface area contributed by atoms with Gasteiger partial charge in [-0.05, 0) is 44.4 Å². The maximum absolute atomic E-state index is 11.7. The first-order chi connectivity index (χ1) is 12.1. The third-order valence-electron chi connectivity index (χ3n) is 4.01. The maximum atomic E-state index is 11.7. The summed E-state index contributed by atoms with van der Waals surface area (Å²) in [6.07, 6.45) is 1.42. The highest BCUT2D eigenvalue weighted by atomic mass is 16.6. The van der Waals surface area contributed by atoms with E-state index in [1.165, 1.54) is 0 Å². The van der Waals surface area contributed by atoms with Crippen LogP contribution in [0.2, 0.25) is 0 Å². The van der Waals surface area contributed by atoms with Crippen LogP contribution >= 0.6 is 0 Å². The summed E-state index contributed by atoms with van der Waals surface area (Å²) in [6.45, 7) is 6.65. The van der Waals surface area contributed by atoms with Gasteiger partial charge in [0.05, 0.1) is 19.8 Å². The standard InChI is InChI=1S/C18H28N4O3/c1-3-24-16-7-5-6-14(12-16)13-20-17(19)21-15-8-10-22(11-9-15)18(23)25-4-2/h5-7,12,15H,3-4,8-11,13H2,1-2H3,(H3,19,20,21). The van der Waals surface area contributed by atoms with Gasteiger partial charge in [0.1, 0.15) is 5.75 Å². The van der Waals surface area contributed by atoms with E-state index in [9.17, 15) is 4.79 Å². The number of carbonyl (C=O) groups excluding carboxylic acids is 1. The Morgan fingerprint density at radius 1 is 1.32 bits per heavy atom. The summed E-state index contributed by atoms with van der Waals surface area (Å²) < 4.78 is 10.5. The molecule has 1 amide bonds. The summed E-state index contributed by atoms with van der Waals surface area (Å²) in [5.74, 6) is 1.27. The van der Waals surface area contributed by atoms with Crippen molar-refractivity contribution in [3.63, 3.8) is 0 Å². The van der Waals surface area contributed by atoms with Crippen LogP contribution in [0.1, 0.15) is 32.3 Å². The highest BCUT2D eigenvalue weighted by molar-refractivity contribution is 5.78. The molecule has 1 aromatic carbocycles. The van der Waals surface area contributed by atoms with Gasteiger partial charge in [0, 0.05) is 19.1 Å². The Hall–Kier alpha value is -2.44. The van der Waals surface area contributed by atoms with E-state index in [-0.39, 0.29) is 12.1 Å². The van der Waals surface area contributed by atoms with Crippen molar-refractivity contribution in [1.29, 1.82) is 0 Å². The zero-order chi connectivity index (χ0) is 18.1. The number of hydrogen-bond donors (Lipinski definition) is 2. The Bertz CT molecular complexity index is 583. The molecule has 0 bridgehead atoms. The predicted molar refractivity (Wildman–Crippen MR) is 97.7 cm³/mol. The lowest BCUT2D eigenvalue weighted by molar-refractivity contribution is 0.0963. The molecule has 1 fully saturated rings. The quantitative estimate of drug-likeness (QED) is 0.607. The Kier molecular flexibility index (Phi) is 7.37. The number of hydrogen-bond acceptors (Lipinski definition) is 4. The summed E-state index contributed by atoms with van der Waals surface area (Å²) in [7, 11) is 0. The lowest BCUT2D eigenvalue weighted by Crippen LogP contribution is -2.48. The number of nitrogens with one attached hydrogen (secondary N) is 1. The number of ether oxygens (including phenoxy) is 2. The van der Waals surface area contributed by atoms with Crippen molar-refractivity contribution in [1.82, 2.24) is 10.2 Å². The minimum absolute atomic E-state index is 0.226. The molecule has 7 nitrogen and oxygen atoms in total. The summed E-state index contributed by atoms with van der Waals surface area (Å²) in [5.41, 5.74) is 7.04. The van der Waals surface area contributed by atoms with Gasteiger partial charge in [-0.1, -0.05) is 12.1 Å². The normalized spacial score (nSPS) is 15.8. The van der Waals surface area contributed by atoms with Crippen molar-refractivity contribution in [2.24, 2.45) is 10.7 Å². The van der Waals surface area contributed by atoms with Crippen LogP contribution in [0.25, 0.3) is 0 Å². The molecular weight excluding hydrogens is 320 g/mol. The zero-order valence-electron chi connectivity index (χ0n) is 15.0. The number of aliphatic imine (C=N–C) groups is 1. The first kappa shape index (κ1) is 18.9. The lowest BCUT2D eigenvalue weighted by atomic mass is 10.1. The summed E-state index contributed by atoms with van der Waals surface area (Å²) in [4.78, 5) is 17.8. The van der Waals surface area contributed by atoms with Gasteiger partial charge in [-0.25, -0.2) is 9.79 Å². The average molecular weight is 348 g/mol. The number of likely N-dealkylation sites (tertiary alicyclic amines) is 1. The second-order valence-corrected chi connectivity index (χ2v) is 5.89. The number of benzene rings is 1. The molecule has 0 unspecified atom stereocenters. The summed E-state index contributed by atoms with van der Waals surface area (Å²) in [6, 6.07) is 8.07. The highest BCUT2D eigenvalue weighted by Gasteiger charge is 2.23. The van der Waals surface area contributed by atoms with E-state index in [2.05, 4.69) is 10.3 Å². The third-order valence-corrected chi connectivity index (χ3v) is 4.01. The largest absolute Gasteiger partial charge is 0.494 e. The molecule has 1 aliphatic rings. The molecular formula is C18H28N4O3. The SMILES string of the molecule is CCOC(=O)N1CCC(NC(N)=NCc2cccc(OCC)c2)CC1. The molecule has 0 saturated carbocycles.